The summed E-state index contributed by atoms with van der Waals surface area (Å²) in [7, 11) is 0. The normalized spacial score (nSPS) is 10.4. The van der Waals surface area contributed by atoms with Crippen LogP contribution in [0.3, 0.4) is 0 Å². The smallest absolute Gasteiger partial charge is 0.260 e. The summed E-state index contributed by atoms with van der Waals surface area (Å²) in [6.07, 6.45) is 3.05. The molecule has 88 valence electrons. The Labute approximate surface area is 103 Å². The van der Waals surface area contributed by atoms with Gasteiger partial charge in [-0.15, -0.1) is 0 Å². The van der Waals surface area contributed by atoms with E-state index in [9.17, 15) is 0 Å². The number of nitrogens with two attached hydrogens (primary N) is 1. The summed E-state index contributed by atoms with van der Waals surface area (Å²) < 4.78 is 5.18. The molecule has 1 aromatic carbocycles. The lowest BCUT2D eigenvalue weighted by atomic mass is 10.2. The Morgan fingerprint density at radius 1 is 1.11 bits per heavy atom. The fraction of sp³-hybridized carbons (Fsp3) is 0. The Morgan fingerprint density at radius 3 is 2.78 bits per heavy atom. The van der Waals surface area contributed by atoms with Gasteiger partial charge in [-0.25, -0.2) is 9.97 Å². The highest BCUT2D eigenvalue weighted by molar-refractivity contribution is 5.70. The van der Waals surface area contributed by atoms with Crippen LogP contribution in [0.5, 0.6) is 0 Å². The number of nitrogens with zero attached hydrogens (tertiary/aromatic N) is 4. The molecule has 0 radical (unpaired) electrons. The van der Waals surface area contributed by atoms with Crippen molar-refractivity contribution in [1.82, 2.24) is 20.1 Å². The highest BCUT2D eigenvalue weighted by Gasteiger charge is 2.12. The molecular formula is C12H9N5O. The van der Waals surface area contributed by atoms with E-state index in [1.165, 1.54) is 6.33 Å². The molecule has 6 nitrogen and oxygen atoms in total. The summed E-state index contributed by atoms with van der Waals surface area (Å²) in [5.41, 5.74) is 7.76. The van der Waals surface area contributed by atoms with Gasteiger partial charge in [0.15, 0.2) is 0 Å². The van der Waals surface area contributed by atoms with Gasteiger partial charge in [-0.2, -0.15) is 4.98 Å². The second-order valence-corrected chi connectivity index (χ2v) is 3.61. The van der Waals surface area contributed by atoms with Gasteiger partial charge in [-0.05, 0) is 18.2 Å². The minimum Gasteiger partial charge on any atom is -0.398 e. The van der Waals surface area contributed by atoms with E-state index in [1.807, 2.05) is 18.2 Å². The summed E-state index contributed by atoms with van der Waals surface area (Å²) in [5.74, 6) is 0.789. The van der Waals surface area contributed by atoms with E-state index in [4.69, 9.17) is 10.3 Å². The van der Waals surface area contributed by atoms with Crippen LogP contribution in [-0.4, -0.2) is 20.1 Å². The average molecular weight is 239 g/mol. The third-order valence-corrected chi connectivity index (χ3v) is 2.43. The summed E-state index contributed by atoms with van der Waals surface area (Å²) >= 11 is 0. The number of hydrogen-bond acceptors (Lipinski definition) is 6. The van der Waals surface area contributed by atoms with Crippen LogP contribution in [-0.2, 0) is 0 Å². The van der Waals surface area contributed by atoms with Crippen molar-refractivity contribution in [1.29, 1.82) is 0 Å². The molecule has 0 bridgehead atoms. The highest BCUT2D eigenvalue weighted by Crippen LogP contribution is 2.25. The van der Waals surface area contributed by atoms with E-state index in [0.29, 0.717) is 28.7 Å². The molecule has 0 fully saturated rings. The predicted molar refractivity (Wildman–Crippen MR) is 65.2 cm³/mol. The predicted octanol–water partition coefficient (Wildman–Crippen LogP) is 1.78. The molecule has 3 aromatic rings. The molecular weight excluding hydrogens is 230 g/mol. The Hall–Kier alpha value is -2.76. The second kappa shape index (κ2) is 4.25. The minimum absolute atomic E-state index is 0.377. The summed E-state index contributed by atoms with van der Waals surface area (Å²) in [5, 5.41) is 3.87. The number of para-hydroxylation sites is 1. The van der Waals surface area contributed by atoms with Crippen molar-refractivity contribution in [3.05, 3.63) is 42.9 Å². The average Bonchev–Trinajstić information content (AvgIpc) is 2.90. The highest BCUT2D eigenvalue weighted by atomic mass is 16.5. The van der Waals surface area contributed by atoms with Crippen molar-refractivity contribution in [2.24, 2.45) is 0 Å². The van der Waals surface area contributed by atoms with E-state index >= 15 is 0 Å². The molecule has 2 N–H and O–H groups in total. The van der Waals surface area contributed by atoms with Crippen LogP contribution in [0.4, 0.5) is 5.69 Å². The Balaban J connectivity index is 2.03. The van der Waals surface area contributed by atoms with E-state index < -0.39 is 0 Å². The third kappa shape index (κ3) is 1.80. The minimum atomic E-state index is 0.377. The molecule has 0 saturated heterocycles. The molecule has 0 aliphatic heterocycles. The van der Waals surface area contributed by atoms with Gasteiger partial charge in [-0.1, -0.05) is 17.3 Å². The van der Waals surface area contributed by atoms with Crippen molar-refractivity contribution < 1.29 is 4.52 Å². The maximum atomic E-state index is 5.85. The molecule has 0 unspecified atom stereocenters. The summed E-state index contributed by atoms with van der Waals surface area (Å²) in [6, 6.07) is 9.03. The van der Waals surface area contributed by atoms with E-state index in [2.05, 4.69) is 20.1 Å². The van der Waals surface area contributed by atoms with Gasteiger partial charge >= 0.3 is 0 Å². The fourth-order valence-electron chi connectivity index (χ4n) is 1.55. The Kier molecular flexibility index (Phi) is 2.45. The Morgan fingerprint density at radius 2 is 2.00 bits per heavy atom. The fourth-order valence-corrected chi connectivity index (χ4v) is 1.55. The lowest BCUT2D eigenvalue weighted by molar-refractivity contribution is 0.432. The number of benzene rings is 1. The van der Waals surface area contributed by atoms with Gasteiger partial charge < -0.3 is 10.3 Å². The number of anilines is 1. The Bertz CT molecular complexity index is 665. The van der Waals surface area contributed by atoms with Gasteiger partial charge in [0.1, 0.15) is 12.0 Å². The number of hydrogen-bond donors (Lipinski definition) is 1. The zero-order chi connectivity index (χ0) is 12.4. The van der Waals surface area contributed by atoms with Crippen LogP contribution in [0.1, 0.15) is 0 Å². The van der Waals surface area contributed by atoms with E-state index in [-0.39, 0.29) is 0 Å². The quantitative estimate of drug-likeness (QED) is 0.685. The molecule has 0 aliphatic carbocycles. The van der Waals surface area contributed by atoms with Crippen LogP contribution >= 0.6 is 0 Å². The monoisotopic (exact) mass is 239 g/mol. The molecule has 0 spiro atoms. The molecule has 18 heavy (non-hydrogen) atoms. The van der Waals surface area contributed by atoms with Crippen molar-refractivity contribution in [3.63, 3.8) is 0 Å². The second-order valence-electron chi connectivity index (χ2n) is 3.61. The zero-order valence-corrected chi connectivity index (χ0v) is 9.32. The molecule has 0 aliphatic rings. The van der Waals surface area contributed by atoms with Gasteiger partial charge in [-0.3, -0.25) is 0 Å². The molecule has 3 rings (SSSR count). The third-order valence-electron chi connectivity index (χ3n) is 2.43. The first-order valence-electron chi connectivity index (χ1n) is 5.29. The first-order valence-corrected chi connectivity index (χ1v) is 5.29. The van der Waals surface area contributed by atoms with Crippen LogP contribution < -0.4 is 5.73 Å². The molecule has 0 atom stereocenters. The SMILES string of the molecule is Nc1ccccc1-c1nc(-c2ccncn2)no1. The van der Waals surface area contributed by atoms with Crippen LogP contribution in [0.25, 0.3) is 23.0 Å². The number of nitrogen functional groups attached to an aromatic ring is 1. The van der Waals surface area contributed by atoms with Crippen molar-refractivity contribution in [3.8, 4) is 23.0 Å². The topological polar surface area (TPSA) is 90.7 Å². The van der Waals surface area contributed by atoms with Crippen molar-refractivity contribution >= 4 is 5.69 Å². The molecule has 2 aromatic heterocycles. The lowest BCUT2D eigenvalue weighted by Crippen LogP contribution is -1.89. The van der Waals surface area contributed by atoms with Gasteiger partial charge in [0.25, 0.3) is 5.89 Å². The van der Waals surface area contributed by atoms with Crippen LogP contribution in [0.2, 0.25) is 0 Å². The van der Waals surface area contributed by atoms with Gasteiger partial charge in [0, 0.05) is 11.9 Å². The largest absolute Gasteiger partial charge is 0.398 e. The van der Waals surface area contributed by atoms with Gasteiger partial charge in [0.05, 0.1) is 5.56 Å². The molecule has 0 saturated carbocycles. The maximum absolute atomic E-state index is 5.85. The number of rotatable bonds is 2. The zero-order valence-electron chi connectivity index (χ0n) is 9.32. The first kappa shape index (κ1) is 10.4. The molecule has 0 amide bonds. The summed E-state index contributed by atoms with van der Waals surface area (Å²) in [6.45, 7) is 0. The van der Waals surface area contributed by atoms with Gasteiger partial charge in [0.2, 0.25) is 5.82 Å². The lowest BCUT2D eigenvalue weighted by Gasteiger charge is -1.97. The van der Waals surface area contributed by atoms with Crippen LogP contribution in [0.15, 0.2) is 47.4 Å². The van der Waals surface area contributed by atoms with E-state index in [1.54, 1.807) is 18.3 Å². The summed E-state index contributed by atoms with van der Waals surface area (Å²) in [4.78, 5) is 12.1. The van der Waals surface area contributed by atoms with Crippen molar-refractivity contribution in [2.45, 2.75) is 0 Å². The maximum Gasteiger partial charge on any atom is 0.260 e. The molecule has 6 heteroatoms. The van der Waals surface area contributed by atoms with E-state index in [0.717, 1.165) is 0 Å². The standard InChI is InChI=1S/C12H9N5O/c13-9-4-2-1-3-8(9)12-16-11(17-18-12)10-5-6-14-7-15-10/h1-7H,13H2. The first-order chi connectivity index (χ1) is 8.84. The molecule has 2 heterocycles. The van der Waals surface area contributed by atoms with Crippen molar-refractivity contribution in [2.75, 3.05) is 5.73 Å². The number of aromatic nitrogens is 4. The van der Waals surface area contributed by atoms with Crippen LogP contribution in [0, 0.1) is 0 Å².